The molecule has 14 heteroatoms. The molecule has 0 aromatic heterocycles. The predicted octanol–water partition coefficient (Wildman–Crippen LogP) is -1.52. The number of amides is 3. The van der Waals surface area contributed by atoms with Crippen molar-refractivity contribution in [1.29, 1.82) is 0 Å². The molecule has 0 bridgehead atoms. The number of guanidine groups is 1. The quantitative estimate of drug-likeness (QED) is 0.0692. The van der Waals surface area contributed by atoms with E-state index in [0.717, 1.165) is 0 Å². The third-order valence-electron chi connectivity index (χ3n) is 7.71. The van der Waals surface area contributed by atoms with Crippen LogP contribution in [0.5, 0.6) is 5.75 Å². The average molecular weight is 607 g/mol. The largest absolute Gasteiger partial charge is 0.508 e. The second-order valence-electron chi connectivity index (χ2n) is 11.7. The van der Waals surface area contributed by atoms with Gasteiger partial charge in [-0.15, -0.1) is 0 Å². The number of rotatable bonds is 14. The van der Waals surface area contributed by atoms with Gasteiger partial charge in [-0.1, -0.05) is 26.0 Å². The van der Waals surface area contributed by atoms with Crippen molar-refractivity contribution in [3.8, 4) is 5.75 Å². The van der Waals surface area contributed by atoms with Gasteiger partial charge in [0.05, 0.1) is 37.5 Å². The minimum Gasteiger partial charge on any atom is -0.508 e. The molecule has 2 aliphatic heterocycles. The van der Waals surface area contributed by atoms with Crippen LogP contribution < -0.4 is 22.1 Å². The molecule has 1 aromatic rings. The number of hydrogen-bond acceptors (Lipinski definition) is 9. The number of ether oxygens (including phenoxy) is 1. The summed E-state index contributed by atoms with van der Waals surface area (Å²) in [5, 5.41) is 45.8. The zero-order chi connectivity index (χ0) is 31.7. The highest BCUT2D eigenvalue weighted by Gasteiger charge is 2.51. The normalized spacial score (nSPS) is 23.6. The first kappa shape index (κ1) is 34.0. The number of benzene rings is 1. The third kappa shape index (κ3) is 9.78. The summed E-state index contributed by atoms with van der Waals surface area (Å²) < 4.78 is 5.81. The van der Waals surface area contributed by atoms with E-state index in [-0.39, 0.29) is 56.5 Å². The first-order chi connectivity index (χ1) is 20.4. The van der Waals surface area contributed by atoms with E-state index in [1.165, 1.54) is 17.0 Å². The van der Waals surface area contributed by atoms with Gasteiger partial charge >= 0.3 is 0 Å². The van der Waals surface area contributed by atoms with E-state index in [9.17, 15) is 34.8 Å². The van der Waals surface area contributed by atoms with Crippen molar-refractivity contribution in [1.82, 2.24) is 15.5 Å². The van der Waals surface area contributed by atoms with Crippen molar-refractivity contribution >= 4 is 23.7 Å². The molecule has 0 unspecified atom stereocenters. The first-order valence-electron chi connectivity index (χ1n) is 14.7. The van der Waals surface area contributed by atoms with Crippen molar-refractivity contribution in [2.24, 2.45) is 22.4 Å². The number of aromatic hydroxyl groups is 1. The monoisotopic (exact) mass is 606 g/mol. The van der Waals surface area contributed by atoms with Crippen LogP contribution in [0.15, 0.2) is 29.3 Å². The van der Waals surface area contributed by atoms with Crippen molar-refractivity contribution in [2.75, 3.05) is 19.8 Å². The molecule has 0 aliphatic carbocycles. The Kier molecular flexibility index (Phi) is 12.5. The minimum absolute atomic E-state index is 0.0219. The smallest absolute Gasteiger partial charge is 0.249 e. The lowest BCUT2D eigenvalue weighted by molar-refractivity contribution is -0.148. The summed E-state index contributed by atoms with van der Waals surface area (Å²) in [6, 6.07) is 2.86. The number of phenols is 1. The Hall–Kier alpha value is -3.46. The van der Waals surface area contributed by atoms with Crippen LogP contribution >= 0.6 is 0 Å². The standard InChI is InChI=1S/C29H46N6O8/c1-16(2)10-21(34-27(41)24(39)11-17-5-7-19(37)8-6-17)28(42)35-22-12-20(38)15-43-25(22)13-23(35)26(40)33-18(14-36)4-3-9-32-29(30)31/h5-8,16,18,20-25,36-39H,3-4,9-15H2,1-2H3,(H,33,40)(H,34,41)(H4,30,31,32)/t18-,20+,21+,22+,23+,24+,25+/m0/s1. The van der Waals surface area contributed by atoms with E-state index >= 15 is 0 Å². The number of nitrogens with two attached hydrogens (primary N) is 2. The lowest BCUT2D eigenvalue weighted by Gasteiger charge is -2.37. The average Bonchev–Trinajstić information content (AvgIpc) is 3.33. The van der Waals surface area contributed by atoms with Gasteiger partial charge in [0.2, 0.25) is 17.7 Å². The summed E-state index contributed by atoms with van der Waals surface area (Å²) in [4.78, 5) is 46.0. The zero-order valence-electron chi connectivity index (χ0n) is 24.8. The fraction of sp³-hybridized carbons (Fsp3) is 0.655. The van der Waals surface area contributed by atoms with Crippen LogP contribution in [-0.2, 0) is 25.5 Å². The van der Waals surface area contributed by atoms with Gasteiger partial charge in [-0.05, 0) is 49.3 Å². The van der Waals surface area contributed by atoms with Gasteiger partial charge in [0, 0.05) is 19.4 Å². The molecule has 14 nitrogen and oxygen atoms in total. The maximum Gasteiger partial charge on any atom is 0.249 e. The summed E-state index contributed by atoms with van der Waals surface area (Å²) in [6.45, 7) is 3.85. The molecule has 2 fully saturated rings. The highest BCUT2D eigenvalue weighted by molar-refractivity contribution is 5.94. The molecule has 0 saturated carbocycles. The summed E-state index contributed by atoms with van der Waals surface area (Å²) in [7, 11) is 0. The predicted molar refractivity (Wildman–Crippen MR) is 158 cm³/mol. The second-order valence-corrected chi connectivity index (χ2v) is 11.7. The fourth-order valence-electron chi connectivity index (χ4n) is 5.62. The lowest BCUT2D eigenvalue weighted by atomic mass is 9.98. The zero-order valence-corrected chi connectivity index (χ0v) is 24.8. The van der Waals surface area contributed by atoms with Gasteiger partial charge in [0.15, 0.2) is 5.96 Å². The number of carbonyl (C=O) groups is 3. The number of aliphatic hydroxyl groups excluding tert-OH is 3. The maximum absolute atomic E-state index is 14.1. The van der Waals surface area contributed by atoms with E-state index < -0.39 is 60.2 Å². The van der Waals surface area contributed by atoms with E-state index in [2.05, 4.69) is 15.6 Å². The van der Waals surface area contributed by atoms with Gasteiger partial charge in [-0.3, -0.25) is 19.4 Å². The molecule has 7 atom stereocenters. The molecule has 43 heavy (non-hydrogen) atoms. The molecule has 2 aliphatic rings. The molecule has 3 amide bonds. The van der Waals surface area contributed by atoms with Crippen molar-refractivity contribution in [3.63, 3.8) is 0 Å². The van der Waals surface area contributed by atoms with E-state index in [1.807, 2.05) is 13.8 Å². The number of nitrogens with zero attached hydrogens (tertiary/aromatic N) is 2. The molecule has 3 rings (SSSR count). The number of phenolic OH excluding ortho intramolecular Hbond substituents is 1. The van der Waals surface area contributed by atoms with Crippen LogP contribution in [0.25, 0.3) is 0 Å². The third-order valence-corrected chi connectivity index (χ3v) is 7.71. The summed E-state index contributed by atoms with van der Waals surface area (Å²) in [5.41, 5.74) is 11.3. The summed E-state index contributed by atoms with van der Waals surface area (Å²) in [5.74, 6) is -1.76. The Morgan fingerprint density at radius 1 is 1.14 bits per heavy atom. The molecular weight excluding hydrogens is 560 g/mol. The molecular formula is C29H46N6O8. The van der Waals surface area contributed by atoms with E-state index in [1.54, 1.807) is 12.1 Å². The summed E-state index contributed by atoms with van der Waals surface area (Å²) >= 11 is 0. The van der Waals surface area contributed by atoms with Crippen molar-refractivity contribution < 1.29 is 39.5 Å². The van der Waals surface area contributed by atoms with Crippen LogP contribution in [-0.4, -0.2) is 111 Å². The molecule has 240 valence electrons. The molecule has 1 aromatic carbocycles. The summed E-state index contributed by atoms with van der Waals surface area (Å²) in [6.07, 6.45) is -1.27. The van der Waals surface area contributed by atoms with Crippen LogP contribution in [0.3, 0.4) is 0 Å². The van der Waals surface area contributed by atoms with E-state index in [4.69, 9.17) is 16.2 Å². The van der Waals surface area contributed by atoms with Gasteiger partial charge in [-0.2, -0.15) is 0 Å². The Balaban J connectivity index is 1.77. The Morgan fingerprint density at radius 2 is 1.84 bits per heavy atom. The fourth-order valence-corrected chi connectivity index (χ4v) is 5.62. The van der Waals surface area contributed by atoms with Crippen LogP contribution in [0.1, 0.15) is 51.5 Å². The van der Waals surface area contributed by atoms with Crippen LogP contribution in [0.2, 0.25) is 0 Å². The number of aliphatic hydroxyl groups is 3. The van der Waals surface area contributed by atoms with Crippen LogP contribution in [0, 0.1) is 5.92 Å². The number of aliphatic imine (C=N–C) groups is 1. The molecule has 2 heterocycles. The molecule has 0 spiro atoms. The first-order valence-corrected chi connectivity index (χ1v) is 14.7. The molecule has 10 N–H and O–H groups in total. The maximum atomic E-state index is 14.1. The number of hydrogen-bond donors (Lipinski definition) is 8. The van der Waals surface area contributed by atoms with Gasteiger partial charge in [-0.25, -0.2) is 0 Å². The van der Waals surface area contributed by atoms with E-state index in [0.29, 0.717) is 24.9 Å². The Bertz CT molecular complexity index is 1110. The van der Waals surface area contributed by atoms with Gasteiger partial charge in [0.25, 0.3) is 0 Å². The highest BCUT2D eigenvalue weighted by Crippen LogP contribution is 2.34. The van der Waals surface area contributed by atoms with Crippen LogP contribution in [0.4, 0.5) is 0 Å². The topological polar surface area (TPSA) is 233 Å². The number of likely N-dealkylation sites (tertiary alicyclic amines) is 1. The number of nitrogens with one attached hydrogen (secondary N) is 2. The van der Waals surface area contributed by atoms with Gasteiger partial charge < -0.3 is 52.2 Å². The Morgan fingerprint density at radius 3 is 2.47 bits per heavy atom. The molecule has 2 saturated heterocycles. The minimum atomic E-state index is -1.46. The number of carbonyl (C=O) groups excluding carboxylic acids is 3. The molecule has 0 radical (unpaired) electrons. The Labute approximate surface area is 251 Å². The van der Waals surface area contributed by atoms with Gasteiger partial charge in [0.1, 0.15) is 23.9 Å². The number of fused-ring (bicyclic) bond motifs is 1. The SMILES string of the molecule is CC(C)C[C@@H](NC(=O)[C@H](O)Cc1ccc(O)cc1)C(=O)N1[C@@H](C(=O)N[C@H](CO)CCCN=C(N)N)C[C@H]2OC[C@H](O)C[C@H]21. The lowest BCUT2D eigenvalue weighted by Crippen LogP contribution is -2.59. The second kappa shape index (κ2) is 15.8. The highest BCUT2D eigenvalue weighted by atomic mass is 16.5. The van der Waals surface area contributed by atoms with Crippen molar-refractivity contribution in [2.45, 2.75) is 94.9 Å². The van der Waals surface area contributed by atoms with Crippen molar-refractivity contribution in [3.05, 3.63) is 29.8 Å².